The Kier molecular flexibility index (Phi) is 4.05. The van der Waals surface area contributed by atoms with Crippen LogP contribution in [0.4, 0.5) is 0 Å². The third-order valence-corrected chi connectivity index (χ3v) is 0.559. The monoisotopic (exact) mass is 161 g/mol. The van der Waals surface area contributed by atoms with Gasteiger partial charge in [-0.2, -0.15) is 0 Å². The van der Waals surface area contributed by atoms with Crippen molar-refractivity contribution in [1.82, 2.24) is 0 Å². The van der Waals surface area contributed by atoms with Crippen LogP contribution in [0.1, 0.15) is 0 Å². The van der Waals surface area contributed by atoms with Gasteiger partial charge in [-0.05, 0) is 0 Å². The van der Waals surface area contributed by atoms with E-state index >= 15 is 0 Å². The van der Waals surface area contributed by atoms with E-state index in [1.165, 1.54) is 0 Å². The van der Waals surface area contributed by atoms with Crippen molar-refractivity contribution in [3.8, 4) is 0 Å². The van der Waals surface area contributed by atoms with Crippen molar-refractivity contribution in [2.24, 2.45) is 0 Å². The van der Waals surface area contributed by atoms with E-state index in [1.54, 1.807) is 4.27 Å². The summed E-state index contributed by atoms with van der Waals surface area (Å²) in [6, 6.07) is 0. The number of carbonyl (C=O) groups excluding carboxylic acids is 1. The van der Waals surface area contributed by atoms with Crippen molar-refractivity contribution in [2.45, 2.75) is 0 Å². The van der Waals surface area contributed by atoms with Crippen molar-refractivity contribution >= 4 is 13.7 Å². The topological polar surface area (TPSA) is 17.1 Å². The van der Waals surface area contributed by atoms with E-state index in [9.17, 15) is 0 Å². The molecule has 0 atom stereocenters. The normalized spacial score (nSPS) is 4.25. The van der Waals surface area contributed by atoms with Crippen LogP contribution >= 0.6 is 9.42 Å². The van der Waals surface area contributed by atoms with E-state index < -0.39 is 17.1 Å². The summed E-state index contributed by atoms with van der Waals surface area (Å²) in [5.41, 5.74) is 0. The van der Waals surface area contributed by atoms with E-state index in [0.29, 0.717) is 0 Å². The first-order chi connectivity index (χ1) is 1.91. The SMILES string of the molecule is O=[C]=[Mo][Cl]. The van der Waals surface area contributed by atoms with Gasteiger partial charge in [-0.25, -0.2) is 0 Å². The standard InChI is InChI=1S/CO.ClH.Mo/c1-2;;/h;1H;/q;;+1/p-1. The number of halogens is 1. The Labute approximate surface area is 35.9 Å². The van der Waals surface area contributed by atoms with E-state index in [1.807, 2.05) is 0 Å². The fraction of sp³-hybridized carbons (Fsp3) is 0. The average Bonchev–Trinajstić information content (AvgIpc) is 1.37. The quantitative estimate of drug-likeness (QED) is 0.464. The van der Waals surface area contributed by atoms with Crippen LogP contribution in [-0.2, 0) is 21.9 Å². The molecule has 0 aliphatic heterocycles. The van der Waals surface area contributed by atoms with Crippen LogP contribution in [0, 0.1) is 0 Å². The molecular weight excluding hydrogens is 159 g/mol. The van der Waals surface area contributed by atoms with Crippen LogP contribution in [0.2, 0.25) is 0 Å². The molecule has 0 fully saturated rings. The first-order valence-corrected chi connectivity index (χ1v) is 4.15. The number of hydrogen-bond acceptors (Lipinski definition) is 1. The third-order valence-electron chi connectivity index (χ3n) is 0.0315. The maximum atomic E-state index is 8.97. The molecular formula is CClMoO. The molecule has 4 heavy (non-hydrogen) atoms. The minimum atomic E-state index is -0.852. The second kappa shape index (κ2) is 3.56. The van der Waals surface area contributed by atoms with Crippen molar-refractivity contribution in [3.63, 3.8) is 0 Å². The molecule has 0 unspecified atom stereocenters. The van der Waals surface area contributed by atoms with Crippen LogP contribution in [0.15, 0.2) is 0 Å². The number of hydrogen-bond donors (Lipinski definition) is 0. The van der Waals surface area contributed by atoms with Crippen LogP contribution in [-0.4, -0.2) is 4.27 Å². The zero-order valence-electron chi connectivity index (χ0n) is 1.69. The van der Waals surface area contributed by atoms with Crippen molar-refractivity contribution in [2.75, 3.05) is 0 Å². The van der Waals surface area contributed by atoms with E-state index in [4.69, 9.17) is 14.2 Å². The molecule has 0 spiro atoms. The van der Waals surface area contributed by atoms with Crippen LogP contribution in [0.25, 0.3) is 0 Å². The summed E-state index contributed by atoms with van der Waals surface area (Å²) in [4.78, 5) is 8.97. The second-order valence-corrected chi connectivity index (χ2v) is 1.86. The molecule has 0 saturated heterocycles. The molecule has 23 valence electrons. The first-order valence-electron chi connectivity index (χ1n) is 0.563. The fourth-order valence-electron chi connectivity index (χ4n) is 0. The molecule has 0 rings (SSSR count). The summed E-state index contributed by atoms with van der Waals surface area (Å²) in [5.74, 6) is 0. The Morgan fingerprint density at radius 1 is 2.00 bits per heavy atom. The Morgan fingerprint density at radius 3 is 2.25 bits per heavy atom. The van der Waals surface area contributed by atoms with Gasteiger partial charge in [-0.3, -0.25) is 0 Å². The predicted molar refractivity (Wildman–Crippen MR) is 11.5 cm³/mol. The van der Waals surface area contributed by atoms with Crippen molar-refractivity contribution in [1.29, 1.82) is 0 Å². The molecule has 0 amide bonds. The van der Waals surface area contributed by atoms with E-state index in [-0.39, 0.29) is 0 Å². The summed E-state index contributed by atoms with van der Waals surface area (Å²) in [6.07, 6.45) is 0. The summed E-state index contributed by atoms with van der Waals surface area (Å²) < 4.78 is 1.58. The minimum absolute atomic E-state index is 0.852. The summed E-state index contributed by atoms with van der Waals surface area (Å²) in [7, 11) is 4.89. The molecule has 0 heterocycles. The van der Waals surface area contributed by atoms with Crippen LogP contribution in [0.3, 0.4) is 0 Å². The molecule has 0 aliphatic rings. The van der Waals surface area contributed by atoms with Gasteiger partial charge in [0.2, 0.25) is 0 Å². The summed E-state index contributed by atoms with van der Waals surface area (Å²) >= 11 is -0.852. The molecule has 1 nitrogen and oxygen atoms in total. The van der Waals surface area contributed by atoms with Gasteiger partial charge in [-0.1, -0.05) is 0 Å². The average molecular weight is 159 g/mol. The fourth-order valence-corrected chi connectivity index (χ4v) is 0. The van der Waals surface area contributed by atoms with Gasteiger partial charge in [0.05, 0.1) is 0 Å². The zero-order valence-corrected chi connectivity index (χ0v) is 4.46. The molecule has 0 N–H and O–H groups in total. The van der Waals surface area contributed by atoms with Crippen molar-refractivity contribution < 1.29 is 21.9 Å². The maximum absolute atomic E-state index is 8.97. The van der Waals surface area contributed by atoms with E-state index in [0.717, 1.165) is 0 Å². The second-order valence-electron chi connectivity index (χ2n) is 0.160. The van der Waals surface area contributed by atoms with Crippen LogP contribution < -0.4 is 0 Å². The predicted octanol–water partition coefficient (Wildman–Crippen LogP) is 0.290. The molecule has 0 radical (unpaired) electrons. The van der Waals surface area contributed by atoms with Gasteiger partial charge in [0, 0.05) is 0 Å². The van der Waals surface area contributed by atoms with Gasteiger partial charge >= 0.3 is 35.5 Å². The molecule has 0 aromatic heterocycles. The Bertz CT molecular complexity index is 46.0. The Balaban J connectivity index is 3.11. The molecule has 3 heteroatoms. The Hall–Kier alpha value is 0.558. The van der Waals surface area contributed by atoms with Gasteiger partial charge in [0.1, 0.15) is 0 Å². The molecule has 0 bridgehead atoms. The third kappa shape index (κ3) is 2.56. The van der Waals surface area contributed by atoms with Gasteiger partial charge < -0.3 is 0 Å². The van der Waals surface area contributed by atoms with Crippen LogP contribution in [0.5, 0.6) is 0 Å². The van der Waals surface area contributed by atoms with E-state index in [2.05, 4.69) is 0 Å². The molecule has 0 aromatic carbocycles. The van der Waals surface area contributed by atoms with Gasteiger partial charge in [0.25, 0.3) is 0 Å². The first kappa shape index (κ1) is 4.56. The molecule has 0 aliphatic carbocycles. The van der Waals surface area contributed by atoms with Crippen molar-refractivity contribution in [3.05, 3.63) is 0 Å². The number of rotatable bonds is 0. The van der Waals surface area contributed by atoms with Gasteiger partial charge in [0.15, 0.2) is 0 Å². The summed E-state index contributed by atoms with van der Waals surface area (Å²) in [6.45, 7) is 0. The Morgan fingerprint density at radius 2 is 2.25 bits per heavy atom. The molecule has 0 aromatic rings. The molecule has 0 saturated carbocycles. The van der Waals surface area contributed by atoms with Gasteiger partial charge in [-0.15, -0.1) is 0 Å². The zero-order chi connectivity index (χ0) is 3.41. The summed E-state index contributed by atoms with van der Waals surface area (Å²) in [5, 5.41) is 0.